The van der Waals surface area contributed by atoms with Gasteiger partial charge in [0.1, 0.15) is 0 Å². The number of nitrogens with two attached hydrogens (primary N) is 1. The first-order valence-corrected chi connectivity index (χ1v) is 5.87. The van der Waals surface area contributed by atoms with Crippen LogP contribution in [0.3, 0.4) is 0 Å². The maximum Gasteiger partial charge on any atom is 0.266 e. The van der Waals surface area contributed by atoms with Crippen molar-refractivity contribution in [3.05, 3.63) is 65.5 Å². The third-order valence-electron chi connectivity index (χ3n) is 2.58. The number of ether oxygens (including phenoxy) is 1. The summed E-state index contributed by atoms with van der Waals surface area (Å²) >= 11 is 0. The Labute approximate surface area is 111 Å². The zero-order chi connectivity index (χ0) is 13.5. The number of nitrogen functional groups attached to an aromatic ring is 1. The average Bonchev–Trinajstić information content (AvgIpc) is 2.48. The van der Waals surface area contributed by atoms with Gasteiger partial charge < -0.3 is 4.74 Å². The van der Waals surface area contributed by atoms with E-state index in [2.05, 4.69) is 10.4 Å². The number of aromatic nitrogens is 1. The van der Waals surface area contributed by atoms with Gasteiger partial charge in [0, 0.05) is 6.20 Å². The number of amides is 1. The molecule has 1 aromatic carbocycles. The van der Waals surface area contributed by atoms with Gasteiger partial charge in [0.05, 0.1) is 24.5 Å². The lowest BCUT2D eigenvalue weighted by molar-refractivity contribution is 0.0951. The molecule has 0 saturated heterocycles. The topological polar surface area (TPSA) is 77.2 Å². The number of carbonyl (C=O) groups is 1. The molecule has 2 aromatic rings. The number of rotatable bonds is 5. The lowest BCUT2D eigenvalue weighted by atomic mass is 10.2. The summed E-state index contributed by atoms with van der Waals surface area (Å²) in [6.07, 6.45) is 1.48. The molecule has 5 nitrogen and oxygen atoms in total. The van der Waals surface area contributed by atoms with Crippen LogP contribution >= 0.6 is 0 Å². The van der Waals surface area contributed by atoms with Gasteiger partial charge in [-0.2, -0.15) is 0 Å². The molecule has 1 heterocycles. The van der Waals surface area contributed by atoms with Crippen LogP contribution in [0.2, 0.25) is 0 Å². The van der Waals surface area contributed by atoms with E-state index in [9.17, 15) is 4.79 Å². The first-order valence-electron chi connectivity index (χ1n) is 5.87. The van der Waals surface area contributed by atoms with E-state index in [0.717, 1.165) is 11.3 Å². The Morgan fingerprint density at radius 1 is 1.16 bits per heavy atom. The Morgan fingerprint density at radius 3 is 2.58 bits per heavy atom. The highest BCUT2D eigenvalue weighted by atomic mass is 16.5. The molecule has 2 rings (SSSR count). The number of carbonyl (C=O) groups excluding carboxylic acids is 1. The summed E-state index contributed by atoms with van der Waals surface area (Å²) in [4.78, 5) is 15.4. The van der Waals surface area contributed by atoms with Gasteiger partial charge in [-0.25, -0.2) is 5.84 Å². The largest absolute Gasteiger partial charge is 0.370 e. The second-order valence-corrected chi connectivity index (χ2v) is 3.99. The van der Waals surface area contributed by atoms with Gasteiger partial charge in [0.15, 0.2) is 0 Å². The summed E-state index contributed by atoms with van der Waals surface area (Å²) in [6, 6.07) is 13.3. The minimum absolute atomic E-state index is 0.357. The fourth-order valence-corrected chi connectivity index (χ4v) is 1.58. The predicted octanol–water partition coefficient (Wildman–Crippen LogP) is 1.40. The summed E-state index contributed by atoms with van der Waals surface area (Å²) in [6.45, 7) is 0.937. The summed E-state index contributed by atoms with van der Waals surface area (Å²) in [7, 11) is 0. The molecular weight excluding hydrogens is 242 g/mol. The van der Waals surface area contributed by atoms with Gasteiger partial charge in [-0.15, -0.1) is 0 Å². The van der Waals surface area contributed by atoms with Gasteiger partial charge in [-0.1, -0.05) is 30.3 Å². The molecule has 1 aromatic heterocycles. The van der Waals surface area contributed by atoms with E-state index >= 15 is 0 Å². The van der Waals surface area contributed by atoms with Crippen LogP contribution in [0.15, 0.2) is 48.7 Å². The van der Waals surface area contributed by atoms with E-state index in [1.165, 1.54) is 6.20 Å². The zero-order valence-corrected chi connectivity index (χ0v) is 10.4. The fraction of sp³-hybridized carbons (Fsp3) is 0.143. The van der Waals surface area contributed by atoms with E-state index in [4.69, 9.17) is 10.6 Å². The van der Waals surface area contributed by atoms with Crippen molar-refractivity contribution in [1.29, 1.82) is 0 Å². The molecule has 0 fully saturated rings. The van der Waals surface area contributed by atoms with Crippen LogP contribution in [0.25, 0.3) is 0 Å². The van der Waals surface area contributed by atoms with Gasteiger partial charge in [-0.3, -0.25) is 15.2 Å². The lowest BCUT2D eigenvalue weighted by Gasteiger charge is -2.05. The number of nitrogens with one attached hydrogen (secondary N) is 1. The van der Waals surface area contributed by atoms with Gasteiger partial charge in [-0.05, 0) is 17.7 Å². The van der Waals surface area contributed by atoms with E-state index < -0.39 is 0 Å². The van der Waals surface area contributed by atoms with Crippen LogP contribution in [-0.4, -0.2) is 10.9 Å². The number of hydrogen-bond donors (Lipinski definition) is 2. The molecule has 0 aliphatic rings. The Hall–Kier alpha value is -2.24. The quantitative estimate of drug-likeness (QED) is 0.482. The molecule has 0 atom stereocenters. The van der Waals surface area contributed by atoms with Crippen molar-refractivity contribution >= 4 is 5.91 Å². The highest BCUT2D eigenvalue weighted by molar-refractivity contribution is 5.93. The summed E-state index contributed by atoms with van der Waals surface area (Å²) in [5.41, 5.74) is 4.36. The number of pyridine rings is 1. The molecule has 0 aliphatic carbocycles. The van der Waals surface area contributed by atoms with Crippen LogP contribution in [0, 0.1) is 0 Å². The minimum atomic E-state index is -0.357. The summed E-state index contributed by atoms with van der Waals surface area (Å²) in [5, 5.41) is 0. The molecule has 0 spiro atoms. The van der Waals surface area contributed by atoms with E-state index in [1.54, 1.807) is 12.1 Å². The molecule has 0 aliphatic heterocycles. The Kier molecular flexibility index (Phi) is 4.60. The van der Waals surface area contributed by atoms with Crippen molar-refractivity contribution in [2.24, 2.45) is 5.84 Å². The van der Waals surface area contributed by atoms with Crippen LogP contribution in [0.1, 0.15) is 21.6 Å². The van der Waals surface area contributed by atoms with Crippen LogP contribution < -0.4 is 11.3 Å². The monoisotopic (exact) mass is 257 g/mol. The van der Waals surface area contributed by atoms with E-state index in [0.29, 0.717) is 18.8 Å². The van der Waals surface area contributed by atoms with E-state index in [-0.39, 0.29) is 5.91 Å². The maximum atomic E-state index is 11.2. The molecule has 0 radical (unpaired) electrons. The van der Waals surface area contributed by atoms with Crippen LogP contribution in [0.5, 0.6) is 0 Å². The summed E-state index contributed by atoms with van der Waals surface area (Å²) in [5.74, 6) is 4.68. The van der Waals surface area contributed by atoms with E-state index in [1.807, 2.05) is 30.3 Å². The van der Waals surface area contributed by atoms with Gasteiger partial charge in [0.2, 0.25) is 0 Å². The highest BCUT2D eigenvalue weighted by Crippen LogP contribution is 2.05. The predicted molar refractivity (Wildman–Crippen MR) is 70.8 cm³/mol. The average molecular weight is 257 g/mol. The number of benzene rings is 1. The third-order valence-corrected chi connectivity index (χ3v) is 2.58. The molecule has 0 bridgehead atoms. The second-order valence-electron chi connectivity index (χ2n) is 3.99. The van der Waals surface area contributed by atoms with Crippen molar-refractivity contribution in [2.45, 2.75) is 13.2 Å². The molecule has 1 amide bonds. The Bertz CT molecular complexity index is 526. The highest BCUT2D eigenvalue weighted by Gasteiger charge is 2.03. The smallest absolute Gasteiger partial charge is 0.266 e. The van der Waals surface area contributed by atoms with Gasteiger partial charge >= 0.3 is 0 Å². The standard InChI is InChI=1S/C14H15N3O2/c15-17-14(18)12-6-7-13(16-8-12)10-19-9-11-4-2-1-3-5-11/h1-8H,9-10,15H2,(H,17,18). The van der Waals surface area contributed by atoms with Crippen molar-refractivity contribution in [3.63, 3.8) is 0 Å². The fourth-order valence-electron chi connectivity index (χ4n) is 1.58. The zero-order valence-electron chi connectivity index (χ0n) is 10.4. The maximum absolute atomic E-state index is 11.2. The lowest BCUT2D eigenvalue weighted by Crippen LogP contribution is -2.30. The number of nitrogens with zero attached hydrogens (tertiary/aromatic N) is 1. The Balaban J connectivity index is 1.85. The SMILES string of the molecule is NNC(=O)c1ccc(COCc2ccccc2)nc1. The Morgan fingerprint density at radius 2 is 1.95 bits per heavy atom. The number of hydrazine groups is 1. The summed E-state index contributed by atoms with van der Waals surface area (Å²) < 4.78 is 5.54. The van der Waals surface area contributed by atoms with Crippen molar-refractivity contribution in [2.75, 3.05) is 0 Å². The van der Waals surface area contributed by atoms with Crippen molar-refractivity contribution < 1.29 is 9.53 Å². The van der Waals surface area contributed by atoms with Gasteiger partial charge in [0.25, 0.3) is 5.91 Å². The van der Waals surface area contributed by atoms with Crippen molar-refractivity contribution in [1.82, 2.24) is 10.4 Å². The molecule has 98 valence electrons. The molecule has 19 heavy (non-hydrogen) atoms. The number of hydrogen-bond acceptors (Lipinski definition) is 4. The van der Waals surface area contributed by atoms with Crippen molar-refractivity contribution in [3.8, 4) is 0 Å². The van der Waals surface area contributed by atoms with Crippen LogP contribution in [-0.2, 0) is 18.0 Å². The third kappa shape index (κ3) is 3.87. The molecule has 5 heteroatoms. The normalized spacial score (nSPS) is 10.2. The first-order chi connectivity index (χ1) is 9.29. The minimum Gasteiger partial charge on any atom is -0.370 e. The molecular formula is C14H15N3O2. The molecule has 3 N–H and O–H groups in total. The van der Waals surface area contributed by atoms with Crippen LogP contribution in [0.4, 0.5) is 0 Å². The second kappa shape index (κ2) is 6.63. The molecule has 0 saturated carbocycles. The first kappa shape index (κ1) is 13.2. The molecule has 0 unspecified atom stereocenters.